The van der Waals surface area contributed by atoms with Gasteiger partial charge in [0.05, 0.1) is 5.70 Å². The molecule has 0 bridgehead atoms. The van der Waals surface area contributed by atoms with Gasteiger partial charge >= 0.3 is 0 Å². The van der Waals surface area contributed by atoms with Crippen LogP contribution in [0.2, 0.25) is 0 Å². The third-order valence-electron chi connectivity index (χ3n) is 4.12. The second-order valence-electron chi connectivity index (χ2n) is 5.71. The van der Waals surface area contributed by atoms with Gasteiger partial charge in [-0.05, 0) is 17.0 Å². The molecule has 0 unspecified atom stereocenters. The number of H-pyrrole nitrogens is 1. The molecule has 2 aromatic heterocycles. The lowest BCUT2D eigenvalue weighted by Crippen LogP contribution is -2.39. The molecule has 0 aliphatic heterocycles. The summed E-state index contributed by atoms with van der Waals surface area (Å²) in [5.74, 6) is 0. The van der Waals surface area contributed by atoms with E-state index in [1.807, 2.05) is 30.6 Å². The molecule has 3 rings (SSSR count). The Bertz CT molecular complexity index is 857. The van der Waals surface area contributed by atoms with Crippen LogP contribution in [0.3, 0.4) is 0 Å². The van der Waals surface area contributed by atoms with E-state index in [1.165, 1.54) is 0 Å². The number of benzene rings is 1. The van der Waals surface area contributed by atoms with E-state index in [0.717, 1.165) is 46.5 Å². The molecule has 4 N–H and O–H groups in total. The lowest BCUT2D eigenvalue weighted by atomic mass is 10.1. The van der Waals surface area contributed by atoms with Gasteiger partial charge in [-0.3, -0.25) is 0 Å². The Labute approximate surface area is 153 Å². The molecular formula is C19H23N5S. The molecule has 0 atom stereocenters. The Hall–Kier alpha value is -2.28. The van der Waals surface area contributed by atoms with E-state index in [9.17, 15) is 0 Å². The van der Waals surface area contributed by atoms with Gasteiger partial charge in [-0.1, -0.05) is 37.3 Å². The predicted molar refractivity (Wildman–Crippen MR) is 108 cm³/mol. The maximum Gasteiger partial charge on any atom is 0.137 e. The zero-order chi connectivity index (χ0) is 17.6. The average molecular weight is 353 g/mol. The van der Waals surface area contributed by atoms with Gasteiger partial charge in [-0.25, -0.2) is 9.99 Å². The van der Waals surface area contributed by atoms with Gasteiger partial charge in [0, 0.05) is 48.5 Å². The van der Waals surface area contributed by atoms with Crippen molar-refractivity contribution >= 4 is 29.4 Å². The highest BCUT2D eigenvalue weighted by Crippen LogP contribution is 2.28. The Balaban J connectivity index is 1.98. The number of fused-ring (bicyclic) bond motifs is 1. The normalized spacial score (nSPS) is 12.1. The maximum atomic E-state index is 5.68. The van der Waals surface area contributed by atoms with Gasteiger partial charge in [-0.15, -0.1) is 12.6 Å². The molecule has 0 amide bonds. The molecule has 0 radical (unpaired) electrons. The predicted octanol–water partition coefficient (Wildman–Crippen LogP) is 3.24. The average Bonchev–Trinajstić information content (AvgIpc) is 3.09. The number of nitrogens with one attached hydrogen (secondary N) is 2. The quantitative estimate of drug-likeness (QED) is 0.389. The van der Waals surface area contributed by atoms with Crippen LogP contribution in [0.25, 0.3) is 27.9 Å². The van der Waals surface area contributed by atoms with E-state index in [0.29, 0.717) is 6.54 Å². The summed E-state index contributed by atoms with van der Waals surface area (Å²) in [5, 5.41) is 4.89. The summed E-state index contributed by atoms with van der Waals surface area (Å²) >= 11 is 4.39. The first-order valence-corrected chi connectivity index (χ1v) is 8.87. The lowest BCUT2D eigenvalue weighted by Gasteiger charge is -2.23. The summed E-state index contributed by atoms with van der Waals surface area (Å²) in [6, 6.07) is 12.4. The number of nitrogens with zero attached hydrogens (tertiary/aromatic N) is 2. The molecular weight excluding hydrogens is 330 g/mol. The number of hydrogen-bond donors (Lipinski definition) is 4. The fraction of sp³-hybridized carbons (Fsp3) is 0.211. The molecule has 1 aromatic carbocycles. The highest BCUT2D eigenvalue weighted by Gasteiger charge is 2.12. The third-order valence-corrected chi connectivity index (χ3v) is 4.37. The zero-order valence-electron chi connectivity index (χ0n) is 14.2. The molecule has 25 heavy (non-hydrogen) atoms. The van der Waals surface area contributed by atoms with Crippen LogP contribution in [0.1, 0.15) is 12.5 Å². The molecule has 0 saturated carbocycles. The highest BCUT2D eigenvalue weighted by atomic mass is 32.1. The SMILES string of the molecule is CCN(CCN)N/C(=C\S)c1c[nH]c2ncc(-c3ccccc3)cc12. The van der Waals surface area contributed by atoms with E-state index >= 15 is 0 Å². The lowest BCUT2D eigenvalue weighted by molar-refractivity contribution is 0.248. The second kappa shape index (κ2) is 8.20. The molecule has 0 aliphatic rings. The van der Waals surface area contributed by atoms with Crippen molar-refractivity contribution in [3.8, 4) is 11.1 Å². The smallest absolute Gasteiger partial charge is 0.137 e. The molecule has 0 saturated heterocycles. The maximum absolute atomic E-state index is 5.68. The number of rotatable bonds is 7. The molecule has 0 spiro atoms. The van der Waals surface area contributed by atoms with Gasteiger partial charge in [0.15, 0.2) is 0 Å². The summed E-state index contributed by atoms with van der Waals surface area (Å²) in [6.45, 7) is 4.28. The van der Waals surface area contributed by atoms with Crippen LogP contribution >= 0.6 is 12.6 Å². The number of thiol groups is 1. The molecule has 0 aliphatic carbocycles. The monoisotopic (exact) mass is 353 g/mol. The summed E-state index contributed by atoms with van der Waals surface area (Å²) < 4.78 is 0. The van der Waals surface area contributed by atoms with Crippen LogP contribution in [0.4, 0.5) is 0 Å². The summed E-state index contributed by atoms with van der Waals surface area (Å²) in [7, 11) is 0. The zero-order valence-corrected chi connectivity index (χ0v) is 15.1. The molecule has 130 valence electrons. The topological polar surface area (TPSA) is 70.0 Å². The van der Waals surface area contributed by atoms with Crippen LogP contribution in [0.5, 0.6) is 0 Å². The van der Waals surface area contributed by atoms with E-state index in [4.69, 9.17) is 5.73 Å². The summed E-state index contributed by atoms with van der Waals surface area (Å²) in [4.78, 5) is 7.80. The number of hydrogen-bond acceptors (Lipinski definition) is 5. The van der Waals surface area contributed by atoms with Crippen molar-refractivity contribution in [2.75, 3.05) is 19.6 Å². The van der Waals surface area contributed by atoms with E-state index < -0.39 is 0 Å². The Morgan fingerprint density at radius 2 is 2.12 bits per heavy atom. The first-order chi connectivity index (χ1) is 12.3. The van der Waals surface area contributed by atoms with Crippen molar-refractivity contribution in [3.63, 3.8) is 0 Å². The molecule has 5 nitrogen and oxygen atoms in total. The Kier molecular flexibility index (Phi) is 5.75. The van der Waals surface area contributed by atoms with Crippen LogP contribution < -0.4 is 11.2 Å². The second-order valence-corrected chi connectivity index (χ2v) is 5.97. The van der Waals surface area contributed by atoms with Crippen molar-refractivity contribution in [1.82, 2.24) is 20.4 Å². The minimum atomic E-state index is 0.592. The van der Waals surface area contributed by atoms with Crippen molar-refractivity contribution in [2.24, 2.45) is 5.73 Å². The highest BCUT2D eigenvalue weighted by molar-refractivity contribution is 7.83. The number of hydrazine groups is 1. The molecule has 3 aromatic rings. The van der Waals surface area contributed by atoms with Crippen molar-refractivity contribution in [1.29, 1.82) is 0 Å². The van der Waals surface area contributed by atoms with E-state index in [-0.39, 0.29) is 0 Å². The number of nitrogens with two attached hydrogens (primary N) is 1. The van der Waals surface area contributed by atoms with Crippen molar-refractivity contribution < 1.29 is 0 Å². The fourth-order valence-corrected chi connectivity index (χ4v) is 2.99. The summed E-state index contributed by atoms with van der Waals surface area (Å²) in [6.07, 6.45) is 3.85. The van der Waals surface area contributed by atoms with Crippen LogP contribution in [0, 0.1) is 0 Å². The van der Waals surface area contributed by atoms with Crippen LogP contribution in [0.15, 0.2) is 54.2 Å². The fourth-order valence-electron chi connectivity index (χ4n) is 2.79. The van der Waals surface area contributed by atoms with Gasteiger partial charge in [0.25, 0.3) is 0 Å². The largest absolute Gasteiger partial charge is 0.345 e. The first kappa shape index (κ1) is 17.5. The van der Waals surface area contributed by atoms with Gasteiger partial charge < -0.3 is 16.1 Å². The summed E-state index contributed by atoms with van der Waals surface area (Å²) in [5.41, 5.74) is 14.1. The standard InChI is InChI=1S/C19H23N5S/c1-2-24(9-8-20)23-18(13-25)17-12-22-19-16(17)10-15(11-21-19)14-6-4-3-5-7-14/h3-7,10-13,23,25H,2,8-9,20H2,1H3,(H,21,22)/b18-13-. The number of pyridine rings is 1. The van der Waals surface area contributed by atoms with Gasteiger partial charge in [0.1, 0.15) is 5.65 Å². The molecule has 2 heterocycles. The van der Waals surface area contributed by atoms with Gasteiger partial charge in [0.2, 0.25) is 0 Å². The van der Waals surface area contributed by atoms with E-state index in [1.54, 1.807) is 5.41 Å². The minimum absolute atomic E-state index is 0.592. The molecule has 0 fully saturated rings. The number of aromatic amines is 1. The van der Waals surface area contributed by atoms with Crippen molar-refractivity contribution in [3.05, 3.63) is 59.8 Å². The van der Waals surface area contributed by atoms with Crippen LogP contribution in [-0.4, -0.2) is 34.6 Å². The van der Waals surface area contributed by atoms with Crippen molar-refractivity contribution in [2.45, 2.75) is 6.92 Å². The van der Waals surface area contributed by atoms with Gasteiger partial charge in [-0.2, -0.15) is 0 Å². The van der Waals surface area contributed by atoms with E-state index in [2.05, 4.69) is 58.2 Å². The number of likely N-dealkylation sites (N-methyl/N-ethyl adjacent to an activating group) is 1. The van der Waals surface area contributed by atoms with Crippen LogP contribution in [-0.2, 0) is 0 Å². The first-order valence-electron chi connectivity index (χ1n) is 8.35. The minimum Gasteiger partial charge on any atom is -0.345 e. The molecule has 6 heteroatoms. The number of aromatic nitrogens is 2. The third kappa shape index (κ3) is 3.87. The Morgan fingerprint density at radius 3 is 2.80 bits per heavy atom. The Morgan fingerprint density at radius 1 is 1.32 bits per heavy atom.